The summed E-state index contributed by atoms with van der Waals surface area (Å²) in [6.07, 6.45) is 0.156. The molecule has 0 bridgehead atoms. The van der Waals surface area contributed by atoms with Crippen LogP contribution in [-0.4, -0.2) is 50.8 Å². The Morgan fingerprint density at radius 1 is 1.40 bits per heavy atom. The van der Waals surface area contributed by atoms with Gasteiger partial charge in [-0.25, -0.2) is 8.42 Å². The molecule has 2 aromatic rings. The lowest BCUT2D eigenvalue weighted by molar-refractivity contribution is 0.0194. The first-order chi connectivity index (χ1) is 11.6. The van der Waals surface area contributed by atoms with Crippen molar-refractivity contribution in [2.75, 3.05) is 13.1 Å². The Kier molecular flexibility index (Phi) is 4.43. The molecule has 11 heteroatoms. The van der Waals surface area contributed by atoms with Crippen LogP contribution in [0, 0.1) is 6.92 Å². The second-order valence-corrected chi connectivity index (χ2v) is 8.79. The Bertz CT molecular complexity index is 906. The summed E-state index contributed by atoms with van der Waals surface area (Å²) >= 11 is 6.09. The van der Waals surface area contributed by atoms with Gasteiger partial charge >= 0.3 is 0 Å². The van der Waals surface area contributed by atoms with Gasteiger partial charge in [0.1, 0.15) is 10.0 Å². The highest BCUT2D eigenvalue weighted by atomic mass is 35.5. The Labute approximate surface area is 150 Å². The van der Waals surface area contributed by atoms with E-state index >= 15 is 0 Å². The molecule has 0 aromatic carbocycles. The lowest BCUT2D eigenvalue weighted by atomic mass is 10.0. The number of hydrogen-bond acceptors (Lipinski definition) is 7. The Hall–Kier alpha value is -1.49. The predicted octanol–water partition coefficient (Wildman–Crippen LogP) is 1.17. The number of nitrogens with zero attached hydrogens (tertiary/aromatic N) is 5. The number of halogens is 1. The summed E-state index contributed by atoms with van der Waals surface area (Å²) < 4.78 is 33.5. The van der Waals surface area contributed by atoms with Crippen LogP contribution in [-0.2, 0) is 22.7 Å². The summed E-state index contributed by atoms with van der Waals surface area (Å²) in [6.45, 7) is 5.31. The topological polar surface area (TPSA) is 114 Å². The van der Waals surface area contributed by atoms with Crippen molar-refractivity contribution in [2.45, 2.75) is 43.6 Å². The Morgan fingerprint density at radius 3 is 2.60 bits per heavy atom. The van der Waals surface area contributed by atoms with Gasteiger partial charge in [0.25, 0.3) is 5.89 Å². The van der Waals surface area contributed by atoms with Gasteiger partial charge in [-0.15, -0.1) is 0 Å². The van der Waals surface area contributed by atoms with Crippen molar-refractivity contribution in [2.24, 2.45) is 7.05 Å². The molecule has 1 unspecified atom stereocenters. The van der Waals surface area contributed by atoms with Crippen LogP contribution in [0.3, 0.4) is 0 Å². The molecule has 1 fully saturated rings. The van der Waals surface area contributed by atoms with E-state index in [1.807, 2.05) is 13.8 Å². The van der Waals surface area contributed by atoms with Crippen molar-refractivity contribution in [3.63, 3.8) is 0 Å². The highest BCUT2D eigenvalue weighted by Crippen LogP contribution is 2.36. The van der Waals surface area contributed by atoms with Crippen molar-refractivity contribution in [3.05, 3.63) is 22.6 Å². The minimum absolute atomic E-state index is 0.0305. The molecule has 0 saturated carbocycles. The second-order valence-electron chi connectivity index (χ2n) is 6.56. The van der Waals surface area contributed by atoms with Crippen molar-refractivity contribution in [3.8, 4) is 0 Å². The van der Waals surface area contributed by atoms with Gasteiger partial charge in [-0.2, -0.15) is 14.4 Å². The molecule has 0 amide bonds. The summed E-state index contributed by atoms with van der Waals surface area (Å²) in [5, 5.41) is 18.7. The fourth-order valence-electron chi connectivity index (χ4n) is 2.83. The smallest absolute Gasteiger partial charge is 0.260 e. The van der Waals surface area contributed by atoms with E-state index in [4.69, 9.17) is 16.1 Å². The number of aryl methyl sites for hydroxylation is 2. The van der Waals surface area contributed by atoms with Crippen LogP contribution in [0.2, 0.25) is 5.15 Å². The zero-order chi connectivity index (χ0) is 18.6. The summed E-state index contributed by atoms with van der Waals surface area (Å²) in [5.41, 5.74) is -1.21. The van der Waals surface area contributed by atoms with E-state index in [0.29, 0.717) is 11.5 Å². The lowest BCUT2D eigenvalue weighted by Crippen LogP contribution is -2.35. The summed E-state index contributed by atoms with van der Waals surface area (Å²) in [7, 11) is -2.33. The molecule has 9 nitrogen and oxygen atoms in total. The van der Waals surface area contributed by atoms with Crippen LogP contribution in [0.25, 0.3) is 0 Å². The van der Waals surface area contributed by atoms with E-state index in [1.54, 1.807) is 14.0 Å². The lowest BCUT2D eigenvalue weighted by Gasteiger charge is -2.19. The Balaban J connectivity index is 1.91. The van der Waals surface area contributed by atoms with Crippen LogP contribution in [0.1, 0.15) is 43.6 Å². The molecule has 1 aliphatic heterocycles. The largest absolute Gasteiger partial charge is 0.379 e. The van der Waals surface area contributed by atoms with E-state index < -0.39 is 15.6 Å². The van der Waals surface area contributed by atoms with E-state index in [2.05, 4.69) is 15.2 Å². The van der Waals surface area contributed by atoms with Crippen LogP contribution >= 0.6 is 11.6 Å². The molecule has 138 valence electrons. The van der Waals surface area contributed by atoms with Crippen LogP contribution < -0.4 is 0 Å². The third-order valence-electron chi connectivity index (χ3n) is 4.27. The van der Waals surface area contributed by atoms with Crippen LogP contribution in [0.5, 0.6) is 0 Å². The van der Waals surface area contributed by atoms with Gasteiger partial charge in [-0.3, -0.25) is 4.68 Å². The molecular formula is C14H20ClN5O4S. The quantitative estimate of drug-likeness (QED) is 0.834. The van der Waals surface area contributed by atoms with Crippen molar-refractivity contribution >= 4 is 21.6 Å². The highest BCUT2D eigenvalue weighted by molar-refractivity contribution is 7.89. The molecule has 3 rings (SSSR count). The fraction of sp³-hybridized carbons (Fsp3) is 0.643. The van der Waals surface area contributed by atoms with Gasteiger partial charge in [0.05, 0.1) is 12.2 Å². The van der Waals surface area contributed by atoms with Crippen LogP contribution in [0.4, 0.5) is 0 Å². The fourth-order valence-corrected chi connectivity index (χ4v) is 5.03. The minimum atomic E-state index is -3.90. The zero-order valence-corrected chi connectivity index (χ0v) is 16.0. The molecule has 3 heterocycles. The number of aromatic nitrogens is 4. The second kappa shape index (κ2) is 6.04. The first-order valence-corrected chi connectivity index (χ1v) is 9.64. The molecule has 1 aliphatic rings. The summed E-state index contributed by atoms with van der Waals surface area (Å²) in [5.74, 6) is 0.540. The Morgan fingerprint density at radius 2 is 2.08 bits per heavy atom. The van der Waals surface area contributed by atoms with Gasteiger partial charge in [-0.05, 0) is 6.92 Å². The highest BCUT2D eigenvalue weighted by Gasteiger charge is 2.48. The number of rotatable bonds is 4. The van der Waals surface area contributed by atoms with Crippen molar-refractivity contribution in [1.29, 1.82) is 0 Å². The normalized spacial score (nSPS) is 22.2. The summed E-state index contributed by atoms with van der Waals surface area (Å²) in [6, 6.07) is 0. The number of hydrogen-bond donors (Lipinski definition) is 1. The maximum atomic E-state index is 12.9. The minimum Gasteiger partial charge on any atom is -0.379 e. The van der Waals surface area contributed by atoms with Crippen molar-refractivity contribution in [1.82, 2.24) is 24.2 Å². The summed E-state index contributed by atoms with van der Waals surface area (Å²) in [4.78, 5) is 4.15. The molecule has 1 saturated heterocycles. The van der Waals surface area contributed by atoms with Gasteiger partial charge in [0.15, 0.2) is 11.4 Å². The van der Waals surface area contributed by atoms with Gasteiger partial charge in [-0.1, -0.05) is 30.6 Å². The number of β-amino-alcohol motifs (C(OH)–C–C–N with tert-alkyl or cyclic N) is 1. The van der Waals surface area contributed by atoms with Crippen molar-refractivity contribution < 1.29 is 18.0 Å². The average Bonchev–Trinajstić information content (AvgIpc) is 3.19. The molecule has 0 aliphatic carbocycles. The average molecular weight is 390 g/mol. The molecule has 0 spiro atoms. The maximum Gasteiger partial charge on any atom is 0.260 e. The van der Waals surface area contributed by atoms with Crippen LogP contribution in [0.15, 0.2) is 9.42 Å². The zero-order valence-electron chi connectivity index (χ0n) is 14.4. The van der Waals surface area contributed by atoms with E-state index in [-0.39, 0.29) is 41.4 Å². The molecule has 0 radical (unpaired) electrons. The molecule has 25 heavy (non-hydrogen) atoms. The monoisotopic (exact) mass is 389 g/mol. The first kappa shape index (κ1) is 18.3. The standard InChI is InChI=1S/C14H20ClN5O4S/c1-8(2)12-16-13(24-18-12)14(21)5-6-20(7-14)25(22,23)10-9(3)17-19(4)11(10)15/h8,21H,5-7H2,1-4H3. The predicted molar refractivity (Wildman–Crippen MR) is 88.6 cm³/mol. The third kappa shape index (κ3) is 2.97. The van der Waals surface area contributed by atoms with Gasteiger partial charge < -0.3 is 9.63 Å². The molecular weight excluding hydrogens is 370 g/mol. The molecule has 1 atom stereocenters. The third-order valence-corrected chi connectivity index (χ3v) is 6.81. The van der Waals surface area contributed by atoms with E-state index in [0.717, 1.165) is 0 Å². The van der Waals surface area contributed by atoms with E-state index in [9.17, 15) is 13.5 Å². The SMILES string of the molecule is Cc1nn(C)c(Cl)c1S(=O)(=O)N1CCC(O)(c2nc(C(C)C)no2)C1. The molecule has 1 N–H and O–H groups in total. The number of sulfonamides is 1. The number of aliphatic hydroxyl groups is 1. The van der Waals surface area contributed by atoms with Gasteiger partial charge in [0, 0.05) is 25.9 Å². The molecule has 2 aromatic heterocycles. The first-order valence-electron chi connectivity index (χ1n) is 7.82. The van der Waals surface area contributed by atoms with Gasteiger partial charge in [0.2, 0.25) is 10.0 Å². The van der Waals surface area contributed by atoms with E-state index in [1.165, 1.54) is 8.99 Å². The maximum absolute atomic E-state index is 12.9.